The van der Waals surface area contributed by atoms with Crippen LogP contribution in [0.15, 0.2) is 34.8 Å². The van der Waals surface area contributed by atoms with Crippen LogP contribution in [0.2, 0.25) is 0 Å². The Morgan fingerprint density at radius 2 is 2.15 bits per heavy atom. The third-order valence-electron chi connectivity index (χ3n) is 2.78. The van der Waals surface area contributed by atoms with Gasteiger partial charge in [-0.05, 0) is 25.1 Å². The molecule has 1 heterocycles. The second-order valence-corrected chi connectivity index (χ2v) is 5.21. The number of nitriles is 1. The van der Waals surface area contributed by atoms with Gasteiger partial charge in [0.25, 0.3) is 0 Å². The number of pyridine rings is 1. The van der Waals surface area contributed by atoms with E-state index in [-0.39, 0.29) is 0 Å². The van der Waals surface area contributed by atoms with Crippen molar-refractivity contribution in [2.75, 3.05) is 12.4 Å². The molecule has 5 heteroatoms. The Kier molecular flexibility index (Phi) is 4.59. The Labute approximate surface area is 126 Å². The van der Waals surface area contributed by atoms with Gasteiger partial charge in [0.05, 0.1) is 30.6 Å². The van der Waals surface area contributed by atoms with Gasteiger partial charge in [-0.1, -0.05) is 15.9 Å². The van der Waals surface area contributed by atoms with Gasteiger partial charge < -0.3 is 10.1 Å². The van der Waals surface area contributed by atoms with E-state index in [1.807, 2.05) is 31.2 Å². The van der Waals surface area contributed by atoms with Crippen molar-refractivity contribution in [2.24, 2.45) is 0 Å². The summed E-state index contributed by atoms with van der Waals surface area (Å²) in [7, 11) is 1.63. The highest BCUT2D eigenvalue weighted by atomic mass is 79.9. The lowest BCUT2D eigenvalue weighted by atomic mass is 10.2. The van der Waals surface area contributed by atoms with E-state index in [1.165, 1.54) is 0 Å². The van der Waals surface area contributed by atoms with E-state index in [0.717, 1.165) is 27.3 Å². The van der Waals surface area contributed by atoms with Crippen molar-refractivity contribution >= 4 is 21.6 Å². The van der Waals surface area contributed by atoms with Crippen LogP contribution in [0.5, 0.6) is 5.75 Å². The average Bonchev–Trinajstić information content (AvgIpc) is 2.44. The maximum Gasteiger partial charge on any atom is 0.122 e. The maximum atomic E-state index is 9.09. The molecular weight excluding hydrogens is 318 g/mol. The molecule has 0 unspecified atom stereocenters. The first-order valence-corrected chi connectivity index (χ1v) is 6.87. The van der Waals surface area contributed by atoms with Crippen molar-refractivity contribution in [1.29, 1.82) is 5.26 Å². The molecule has 0 amide bonds. The lowest BCUT2D eigenvalue weighted by Crippen LogP contribution is -2.04. The first kappa shape index (κ1) is 14.4. The summed E-state index contributed by atoms with van der Waals surface area (Å²) in [6, 6.07) is 11.4. The van der Waals surface area contributed by atoms with Gasteiger partial charge in [-0.25, -0.2) is 0 Å². The van der Waals surface area contributed by atoms with Crippen LogP contribution in [-0.4, -0.2) is 12.1 Å². The summed E-state index contributed by atoms with van der Waals surface area (Å²) in [5.41, 5.74) is 3.15. The molecule has 2 rings (SSSR count). The third kappa shape index (κ3) is 3.49. The van der Waals surface area contributed by atoms with Crippen LogP contribution in [0.3, 0.4) is 0 Å². The summed E-state index contributed by atoms with van der Waals surface area (Å²) >= 11 is 3.40. The minimum Gasteiger partial charge on any atom is -0.497 e. The van der Waals surface area contributed by atoms with Crippen LogP contribution in [0.25, 0.3) is 0 Å². The Hall–Kier alpha value is -2.06. The number of hydrogen-bond donors (Lipinski definition) is 1. The number of halogens is 1. The van der Waals surface area contributed by atoms with Crippen LogP contribution >= 0.6 is 15.9 Å². The summed E-state index contributed by atoms with van der Waals surface area (Å²) in [6.07, 6.45) is 0. The lowest BCUT2D eigenvalue weighted by Gasteiger charge is -2.10. The van der Waals surface area contributed by atoms with E-state index < -0.39 is 0 Å². The predicted molar refractivity (Wildman–Crippen MR) is 81.7 cm³/mol. The van der Waals surface area contributed by atoms with Crippen molar-refractivity contribution < 1.29 is 4.74 Å². The van der Waals surface area contributed by atoms with Crippen molar-refractivity contribution in [3.8, 4) is 11.8 Å². The van der Waals surface area contributed by atoms with Crippen LogP contribution in [0.4, 0.5) is 5.69 Å². The Bertz CT molecular complexity index is 665. The second-order valence-electron chi connectivity index (χ2n) is 4.29. The van der Waals surface area contributed by atoms with E-state index in [0.29, 0.717) is 12.1 Å². The van der Waals surface area contributed by atoms with Gasteiger partial charge in [0.1, 0.15) is 11.8 Å². The zero-order valence-corrected chi connectivity index (χ0v) is 12.9. The molecule has 4 nitrogen and oxygen atoms in total. The summed E-state index contributed by atoms with van der Waals surface area (Å²) < 4.78 is 6.15. The molecule has 1 N–H and O–H groups in total. The molecule has 0 spiro atoms. The van der Waals surface area contributed by atoms with E-state index in [1.54, 1.807) is 13.2 Å². The number of benzene rings is 1. The molecule has 0 saturated heterocycles. The number of aryl methyl sites for hydroxylation is 1. The molecule has 1 aromatic carbocycles. The number of nitrogens with zero attached hydrogens (tertiary/aromatic N) is 2. The van der Waals surface area contributed by atoms with Gasteiger partial charge in [-0.3, -0.25) is 4.98 Å². The number of methoxy groups -OCH3 is 1. The summed E-state index contributed by atoms with van der Waals surface area (Å²) in [6.45, 7) is 2.45. The van der Waals surface area contributed by atoms with E-state index >= 15 is 0 Å². The Morgan fingerprint density at radius 1 is 1.35 bits per heavy atom. The summed E-state index contributed by atoms with van der Waals surface area (Å²) in [4.78, 5) is 4.44. The fraction of sp³-hybridized carbons (Fsp3) is 0.200. The van der Waals surface area contributed by atoms with Gasteiger partial charge >= 0.3 is 0 Å². The molecular formula is C15H14BrN3O. The standard InChI is InChI=1S/C15H14BrN3O/c1-10-5-14(20-2)7-13(19-10)9-18-15-6-12(16)4-3-11(15)8-17/h3-7,18H,9H2,1-2H3. The smallest absolute Gasteiger partial charge is 0.122 e. The highest BCUT2D eigenvalue weighted by molar-refractivity contribution is 9.10. The second kappa shape index (κ2) is 6.40. The normalized spacial score (nSPS) is 9.90. The van der Waals surface area contributed by atoms with E-state index in [2.05, 4.69) is 32.3 Å². The molecule has 102 valence electrons. The molecule has 0 aliphatic rings. The minimum atomic E-state index is 0.531. The van der Waals surface area contributed by atoms with Crippen molar-refractivity contribution in [1.82, 2.24) is 4.98 Å². The highest BCUT2D eigenvalue weighted by Gasteiger charge is 2.05. The number of nitrogens with one attached hydrogen (secondary N) is 1. The SMILES string of the molecule is COc1cc(C)nc(CNc2cc(Br)ccc2C#N)c1. The van der Waals surface area contributed by atoms with Gasteiger partial charge in [0.15, 0.2) is 0 Å². The summed E-state index contributed by atoms with van der Waals surface area (Å²) in [5.74, 6) is 0.782. The maximum absolute atomic E-state index is 9.09. The number of rotatable bonds is 4. The van der Waals surface area contributed by atoms with E-state index in [4.69, 9.17) is 10.00 Å². The van der Waals surface area contributed by atoms with Gasteiger partial charge in [0, 0.05) is 22.3 Å². The van der Waals surface area contributed by atoms with Crippen LogP contribution in [-0.2, 0) is 6.54 Å². The third-order valence-corrected chi connectivity index (χ3v) is 3.27. The predicted octanol–water partition coefficient (Wildman–Crippen LogP) is 3.64. The number of anilines is 1. The number of aromatic nitrogens is 1. The highest BCUT2D eigenvalue weighted by Crippen LogP contribution is 2.22. The zero-order valence-electron chi connectivity index (χ0n) is 11.3. The van der Waals surface area contributed by atoms with Crippen LogP contribution < -0.4 is 10.1 Å². The van der Waals surface area contributed by atoms with Crippen LogP contribution in [0, 0.1) is 18.3 Å². The largest absolute Gasteiger partial charge is 0.497 e. The number of ether oxygens (including phenoxy) is 1. The average molecular weight is 332 g/mol. The number of hydrogen-bond acceptors (Lipinski definition) is 4. The Morgan fingerprint density at radius 3 is 2.85 bits per heavy atom. The molecule has 0 aliphatic carbocycles. The molecule has 0 aliphatic heterocycles. The van der Waals surface area contributed by atoms with Gasteiger partial charge in [0.2, 0.25) is 0 Å². The molecule has 0 atom stereocenters. The van der Waals surface area contributed by atoms with Crippen molar-refractivity contribution in [2.45, 2.75) is 13.5 Å². The lowest BCUT2D eigenvalue weighted by molar-refractivity contribution is 0.413. The van der Waals surface area contributed by atoms with Crippen molar-refractivity contribution in [3.05, 3.63) is 51.8 Å². The van der Waals surface area contributed by atoms with Gasteiger partial charge in [-0.15, -0.1) is 0 Å². The summed E-state index contributed by atoms with van der Waals surface area (Å²) in [5, 5.41) is 12.3. The monoisotopic (exact) mass is 331 g/mol. The molecule has 0 bridgehead atoms. The topological polar surface area (TPSA) is 57.9 Å². The first-order valence-electron chi connectivity index (χ1n) is 6.07. The molecule has 0 fully saturated rings. The van der Waals surface area contributed by atoms with Gasteiger partial charge in [-0.2, -0.15) is 5.26 Å². The van der Waals surface area contributed by atoms with E-state index in [9.17, 15) is 0 Å². The zero-order chi connectivity index (χ0) is 14.5. The molecule has 2 aromatic rings. The molecule has 1 aromatic heterocycles. The molecule has 0 saturated carbocycles. The first-order chi connectivity index (χ1) is 9.62. The molecule has 0 radical (unpaired) electrons. The molecule has 20 heavy (non-hydrogen) atoms. The quantitative estimate of drug-likeness (QED) is 0.929. The fourth-order valence-corrected chi connectivity index (χ4v) is 2.22. The minimum absolute atomic E-state index is 0.531. The van der Waals surface area contributed by atoms with Crippen LogP contribution in [0.1, 0.15) is 17.0 Å². The Balaban J connectivity index is 2.19. The van der Waals surface area contributed by atoms with Crippen molar-refractivity contribution in [3.63, 3.8) is 0 Å². The fourth-order valence-electron chi connectivity index (χ4n) is 1.86.